The number of allylic oxidation sites excluding steroid dienone is 1. The molecule has 0 aliphatic carbocycles. The molecule has 2 atom stereocenters. The highest BCUT2D eigenvalue weighted by Gasteiger charge is 2.50. The zero-order chi connectivity index (χ0) is 65.0. The smallest absolute Gasteiger partial charge is 0.319 e. The molecule has 6 aliphatic rings. The number of alkyl halides is 1. The number of nitrogens with two attached hydrogens (primary N) is 1. The zero-order valence-corrected chi connectivity index (χ0v) is 52.3. The number of aromatic nitrogens is 6. The first-order valence-corrected chi connectivity index (χ1v) is 31.7. The number of halogens is 6. The molecule has 93 heavy (non-hydrogen) atoms. The van der Waals surface area contributed by atoms with Gasteiger partial charge in [-0.3, -0.25) is 24.8 Å². The number of phenols is 2. The van der Waals surface area contributed by atoms with Crippen molar-refractivity contribution in [2.45, 2.75) is 95.3 Å². The van der Waals surface area contributed by atoms with Crippen LogP contribution in [-0.4, -0.2) is 132 Å². The van der Waals surface area contributed by atoms with Crippen molar-refractivity contribution in [1.82, 2.24) is 39.7 Å². The molecule has 6 aliphatic heterocycles. The molecule has 0 amide bonds. The number of nitrogens with zero attached hydrogens (tertiary/aromatic N) is 11. The van der Waals surface area contributed by atoms with Crippen molar-refractivity contribution >= 4 is 78.0 Å². The number of piperidine rings is 1. The van der Waals surface area contributed by atoms with E-state index in [1.165, 1.54) is 67.1 Å². The summed E-state index contributed by atoms with van der Waals surface area (Å²) in [5.41, 5.74) is 8.64. The minimum Gasteiger partial charge on any atom is -0.508 e. The van der Waals surface area contributed by atoms with E-state index in [2.05, 4.69) is 46.6 Å². The molecule has 10 heterocycles. The highest BCUT2D eigenvalue weighted by atomic mass is 35.5. The summed E-state index contributed by atoms with van der Waals surface area (Å²) in [7, 11) is 1.71. The molecule has 1 unspecified atom stereocenters. The van der Waals surface area contributed by atoms with Crippen molar-refractivity contribution in [3.63, 3.8) is 0 Å². The zero-order valence-electron chi connectivity index (χ0n) is 51.5. The van der Waals surface area contributed by atoms with Crippen molar-refractivity contribution in [3.8, 4) is 70.7 Å². The fourth-order valence-electron chi connectivity index (χ4n) is 14.8. The van der Waals surface area contributed by atoms with Crippen LogP contribution in [0.15, 0.2) is 96.0 Å². The number of pyridine rings is 2. The maximum Gasteiger partial charge on any atom is 0.319 e. The molecule has 16 nitrogen and oxygen atoms in total. The van der Waals surface area contributed by atoms with E-state index in [1.54, 1.807) is 13.1 Å². The minimum atomic E-state index is -0.939. The van der Waals surface area contributed by atoms with Gasteiger partial charge in [-0.25, -0.2) is 22.0 Å². The van der Waals surface area contributed by atoms with Crippen LogP contribution in [0.3, 0.4) is 0 Å². The van der Waals surface area contributed by atoms with Crippen molar-refractivity contribution in [1.29, 1.82) is 0 Å². The Morgan fingerprint density at radius 2 is 1.22 bits per heavy atom. The van der Waals surface area contributed by atoms with E-state index in [0.717, 1.165) is 88.0 Å². The third kappa shape index (κ3) is 11.0. The standard InChI is InChI=1S/C35H27ClF3N5O2.C34H33F2N7O2.C2H6/c1-2-24-27(38)6-4-20-13-23(45)14-25(29(20)24)31-30(39)32-26(16-40-31)33(44-11-8-19-12-21(36)5-7-28(19)44)42-34(41-32)46-18-35-9-3-10-43(35)17-22(37)15-35;1-3-22-25(35)9-8-20-15-21(44)16-23(28(20)22)30-29(36)31-24(18-39-30)32(43-14-4-7-26(38-2)27(43)17-37)41-33(40-31)45-19-34-10-5-12-42(34)13-6-11-34;1-2/h1,4-7,12-14,16,22,45H,3,8-11,15,17-18H2;1,8-9,15-18,44H,4-7,10-14,19,37H2,2H3;1-2H3/b;27-17+,38-26?;/t22-,35?;;/m1../s1. The maximum absolute atomic E-state index is 16.8. The molecule has 22 heteroatoms. The Bertz CT molecular complexity index is 4650. The lowest BCUT2D eigenvalue weighted by Crippen LogP contribution is -2.43. The molecule has 15 rings (SSSR count). The fraction of sp³-hybridized carbons (Fsp3) is 0.338. The largest absolute Gasteiger partial charge is 0.508 e. The lowest BCUT2D eigenvalue weighted by molar-refractivity contribution is 0.107. The number of fused-ring (bicyclic) bond motifs is 7. The second-order valence-corrected chi connectivity index (χ2v) is 24.5. The van der Waals surface area contributed by atoms with Crippen molar-refractivity contribution in [2.75, 3.05) is 69.3 Å². The summed E-state index contributed by atoms with van der Waals surface area (Å²) in [6, 6.07) is 16.4. The topological polar surface area (TPSA) is 188 Å². The van der Waals surface area contributed by atoms with Crippen LogP contribution in [0.2, 0.25) is 5.02 Å². The summed E-state index contributed by atoms with van der Waals surface area (Å²) in [6.07, 6.45) is 23.4. The van der Waals surface area contributed by atoms with Gasteiger partial charge in [-0.15, -0.1) is 12.8 Å². The molecule has 5 fully saturated rings. The van der Waals surface area contributed by atoms with Gasteiger partial charge in [-0.05, 0) is 148 Å². The van der Waals surface area contributed by atoms with Gasteiger partial charge in [0.2, 0.25) is 0 Å². The number of terminal acetylenes is 2. The molecule has 4 aromatic heterocycles. The van der Waals surface area contributed by atoms with E-state index < -0.39 is 35.0 Å². The van der Waals surface area contributed by atoms with Crippen molar-refractivity contribution in [3.05, 3.63) is 136 Å². The highest BCUT2D eigenvalue weighted by molar-refractivity contribution is 6.30. The van der Waals surface area contributed by atoms with E-state index in [0.29, 0.717) is 83.0 Å². The normalized spacial score (nSPS) is 20.0. The highest BCUT2D eigenvalue weighted by Crippen LogP contribution is 2.46. The maximum atomic E-state index is 16.8. The van der Waals surface area contributed by atoms with E-state index in [4.69, 9.17) is 49.6 Å². The summed E-state index contributed by atoms with van der Waals surface area (Å²) in [5, 5.41) is 23.7. The molecule has 0 saturated carbocycles. The summed E-state index contributed by atoms with van der Waals surface area (Å²) in [6.45, 7) is 8.89. The Morgan fingerprint density at radius 3 is 1.76 bits per heavy atom. The second-order valence-electron chi connectivity index (χ2n) is 24.1. The Labute approximate surface area is 539 Å². The number of hydrogen-bond donors (Lipinski definition) is 3. The van der Waals surface area contributed by atoms with E-state index in [9.17, 15) is 23.4 Å². The Kier molecular flexibility index (Phi) is 16.9. The first-order chi connectivity index (χ1) is 45.1. The monoisotopic (exact) mass is 1280 g/mol. The summed E-state index contributed by atoms with van der Waals surface area (Å²) in [4.78, 5) is 40.5. The van der Waals surface area contributed by atoms with Gasteiger partial charge in [-0.2, -0.15) is 19.9 Å². The van der Waals surface area contributed by atoms with Crippen LogP contribution < -0.4 is 25.0 Å². The van der Waals surface area contributed by atoms with Crippen LogP contribution in [0.5, 0.6) is 23.5 Å². The number of phenolic OH excluding ortho intramolecular Hbond substituents is 2. The van der Waals surface area contributed by atoms with Gasteiger partial charge in [0.05, 0.1) is 44.4 Å². The Morgan fingerprint density at radius 1 is 0.677 bits per heavy atom. The first kappa shape index (κ1) is 62.4. The average molecular weight is 1280 g/mol. The van der Waals surface area contributed by atoms with Crippen LogP contribution in [0.4, 0.5) is 39.3 Å². The molecule has 4 N–H and O–H groups in total. The van der Waals surface area contributed by atoms with Gasteiger partial charge in [-0.1, -0.05) is 49.4 Å². The SMILES string of the molecule is C#Cc1c(F)ccc2cc(O)cc(-c3ncc4c(N5CCCC(=NC)/C5=C\N)nc(OCC56CCCN5CCC6)nc4c3F)c12.C#Cc1c(F)ccc2cc(O)cc(-c3ncc4c(N5CCc6cc(Cl)ccc65)nc(OCC56CCCN5C[C@H](F)C6)nc4c3F)c12.CC. The number of ether oxygens (including phenoxy) is 2. The lowest BCUT2D eigenvalue weighted by Gasteiger charge is -2.33. The molecular formula is C71H66ClF5N12O4. The summed E-state index contributed by atoms with van der Waals surface area (Å²) in [5.74, 6) is 2.34. The molecule has 5 saturated heterocycles. The van der Waals surface area contributed by atoms with Gasteiger partial charge in [0.25, 0.3) is 0 Å². The molecule has 5 aromatic carbocycles. The van der Waals surface area contributed by atoms with Gasteiger partial charge in [0, 0.05) is 84.3 Å². The van der Waals surface area contributed by atoms with E-state index in [-0.39, 0.29) is 91.1 Å². The van der Waals surface area contributed by atoms with Crippen LogP contribution in [-0.2, 0) is 6.42 Å². The number of benzene rings is 5. The summed E-state index contributed by atoms with van der Waals surface area (Å²) < 4.78 is 90.3. The van der Waals surface area contributed by atoms with Crippen molar-refractivity contribution < 1.29 is 41.6 Å². The molecular weight excluding hydrogens is 1220 g/mol. The molecule has 476 valence electrons. The quantitative estimate of drug-likeness (QED) is 0.0866. The van der Waals surface area contributed by atoms with Crippen LogP contribution in [0.1, 0.15) is 88.3 Å². The number of hydrogen-bond acceptors (Lipinski definition) is 16. The van der Waals surface area contributed by atoms with Gasteiger partial charge >= 0.3 is 12.0 Å². The average Bonchev–Trinajstić information content (AvgIpc) is 1.54. The number of aliphatic imine (C=N–C) groups is 1. The lowest BCUT2D eigenvalue weighted by atomic mass is 9.95. The summed E-state index contributed by atoms with van der Waals surface area (Å²) >= 11 is 6.27. The number of rotatable bonds is 10. The van der Waals surface area contributed by atoms with Gasteiger partial charge in [0.15, 0.2) is 11.6 Å². The van der Waals surface area contributed by atoms with E-state index in [1.807, 2.05) is 35.8 Å². The molecule has 9 aromatic rings. The number of aromatic hydroxyl groups is 2. The molecule has 0 bridgehead atoms. The third-order valence-corrected chi connectivity index (χ3v) is 19.2. The third-order valence-electron chi connectivity index (χ3n) is 19.0. The Hall–Kier alpha value is -9.41. The second kappa shape index (κ2) is 25.2. The predicted molar refractivity (Wildman–Crippen MR) is 352 cm³/mol. The van der Waals surface area contributed by atoms with Gasteiger partial charge in [0.1, 0.15) is 76.6 Å². The molecule has 0 spiro atoms. The fourth-order valence-corrected chi connectivity index (χ4v) is 15.0. The van der Waals surface area contributed by atoms with Crippen molar-refractivity contribution in [2.24, 2.45) is 10.7 Å². The van der Waals surface area contributed by atoms with Crippen LogP contribution in [0.25, 0.3) is 65.9 Å². The number of anilines is 3. The first-order valence-electron chi connectivity index (χ1n) is 31.3. The van der Waals surface area contributed by atoms with E-state index >= 15 is 8.78 Å². The minimum absolute atomic E-state index is 0.0284. The molecule has 0 radical (unpaired) electrons. The van der Waals surface area contributed by atoms with Crippen LogP contribution in [0, 0.1) is 48.0 Å². The Balaban J connectivity index is 0.000000165. The van der Waals surface area contributed by atoms with Crippen LogP contribution >= 0.6 is 11.6 Å². The predicted octanol–water partition coefficient (Wildman–Crippen LogP) is 13.4. The van der Waals surface area contributed by atoms with Gasteiger partial charge < -0.3 is 35.2 Å².